The van der Waals surface area contributed by atoms with Gasteiger partial charge >= 0.3 is 6.09 Å². The Kier molecular flexibility index (Phi) is 4.55. The highest BCUT2D eigenvalue weighted by atomic mass is 16.6. The largest absolute Gasteiger partial charge is 0.444 e. The maximum atomic E-state index is 11.7. The Labute approximate surface area is 125 Å². The quantitative estimate of drug-likeness (QED) is 0.875. The van der Waals surface area contributed by atoms with Crippen molar-refractivity contribution >= 4 is 23.3 Å². The summed E-state index contributed by atoms with van der Waals surface area (Å²) >= 11 is 0. The van der Waals surface area contributed by atoms with Gasteiger partial charge in [0.1, 0.15) is 5.60 Å². The van der Waals surface area contributed by atoms with E-state index in [1.165, 1.54) is 19.3 Å². The molecule has 0 saturated carbocycles. The average Bonchev–Trinajstić information content (AvgIpc) is 2.37. The third-order valence-electron chi connectivity index (χ3n) is 3.20. The number of nitrogens with two attached hydrogens (primary N) is 1. The molecular formula is C15H24N4O2. The van der Waals surface area contributed by atoms with E-state index in [1.54, 1.807) is 12.3 Å². The van der Waals surface area contributed by atoms with Crippen LogP contribution in [0.2, 0.25) is 0 Å². The van der Waals surface area contributed by atoms with Crippen LogP contribution < -0.4 is 16.0 Å². The zero-order valence-corrected chi connectivity index (χ0v) is 13.0. The SMILES string of the molecule is CC(C)(C)OC(=O)Nc1cnc(N2CCCCC2)c(N)c1. The smallest absolute Gasteiger partial charge is 0.412 e. The summed E-state index contributed by atoms with van der Waals surface area (Å²) in [6, 6.07) is 1.72. The first-order valence-corrected chi connectivity index (χ1v) is 7.35. The van der Waals surface area contributed by atoms with Crippen LogP contribution in [0.1, 0.15) is 40.0 Å². The van der Waals surface area contributed by atoms with E-state index < -0.39 is 11.7 Å². The van der Waals surface area contributed by atoms with Gasteiger partial charge in [0.15, 0.2) is 5.82 Å². The van der Waals surface area contributed by atoms with E-state index >= 15 is 0 Å². The molecule has 2 rings (SSSR count). The van der Waals surface area contributed by atoms with Crippen LogP contribution in [0.5, 0.6) is 0 Å². The van der Waals surface area contributed by atoms with Gasteiger partial charge in [0, 0.05) is 13.1 Å². The first kappa shape index (κ1) is 15.4. The molecule has 3 N–H and O–H groups in total. The van der Waals surface area contributed by atoms with Gasteiger partial charge in [0.2, 0.25) is 0 Å². The number of anilines is 3. The second-order valence-electron chi connectivity index (χ2n) is 6.31. The molecule has 0 spiro atoms. The second-order valence-corrected chi connectivity index (χ2v) is 6.31. The normalized spacial score (nSPS) is 15.7. The van der Waals surface area contributed by atoms with Gasteiger partial charge in [-0.3, -0.25) is 5.32 Å². The number of hydrogen-bond acceptors (Lipinski definition) is 5. The third-order valence-corrected chi connectivity index (χ3v) is 3.20. The molecule has 0 atom stereocenters. The number of rotatable bonds is 2. The summed E-state index contributed by atoms with van der Waals surface area (Å²) in [5, 5.41) is 2.65. The van der Waals surface area contributed by atoms with E-state index in [1.807, 2.05) is 20.8 Å². The molecule has 0 bridgehead atoms. The highest BCUT2D eigenvalue weighted by Crippen LogP contribution is 2.26. The average molecular weight is 292 g/mol. The molecule has 1 amide bonds. The lowest BCUT2D eigenvalue weighted by Gasteiger charge is -2.28. The Hall–Kier alpha value is -1.98. The third kappa shape index (κ3) is 4.51. The number of nitrogen functional groups attached to an aromatic ring is 1. The van der Waals surface area contributed by atoms with Crippen molar-refractivity contribution in [3.63, 3.8) is 0 Å². The summed E-state index contributed by atoms with van der Waals surface area (Å²) in [6.07, 6.45) is 4.70. The molecule has 0 aromatic carbocycles. The van der Waals surface area contributed by atoms with Gasteiger partial charge in [0.05, 0.1) is 17.6 Å². The monoisotopic (exact) mass is 292 g/mol. The molecule has 1 aliphatic heterocycles. The number of carbonyl (C=O) groups excluding carboxylic acids is 1. The van der Waals surface area contributed by atoms with E-state index in [-0.39, 0.29) is 0 Å². The molecular weight excluding hydrogens is 268 g/mol. The van der Waals surface area contributed by atoms with Crippen LogP contribution in [0.25, 0.3) is 0 Å². The van der Waals surface area contributed by atoms with E-state index in [0.717, 1.165) is 18.9 Å². The molecule has 1 fully saturated rings. The highest BCUT2D eigenvalue weighted by molar-refractivity contribution is 5.86. The van der Waals surface area contributed by atoms with Crippen LogP contribution >= 0.6 is 0 Å². The van der Waals surface area contributed by atoms with Crippen molar-refractivity contribution in [2.24, 2.45) is 0 Å². The maximum Gasteiger partial charge on any atom is 0.412 e. The van der Waals surface area contributed by atoms with Gasteiger partial charge in [0.25, 0.3) is 0 Å². The van der Waals surface area contributed by atoms with Crippen LogP contribution in [0.15, 0.2) is 12.3 Å². The number of pyridine rings is 1. The van der Waals surface area contributed by atoms with E-state index in [2.05, 4.69) is 15.2 Å². The molecule has 2 heterocycles. The zero-order valence-electron chi connectivity index (χ0n) is 13.0. The van der Waals surface area contributed by atoms with Crippen molar-refractivity contribution in [3.8, 4) is 0 Å². The Bertz CT molecular complexity index is 505. The summed E-state index contributed by atoms with van der Waals surface area (Å²) in [7, 11) is 0. The fourth-order valence-corrected chi connectivity index (χ4v) is 2.33. The van der Waals surface area contributed by atoms with Crippen LogP contribution in [0.4, 0.5) is 22.0 Å². The lowest BCUT2D eigenvalue weighted by Crippen LogP contribution is -2.31. The number of hydrogen-bond donors (Lipinski definition) is 2. The molecule has 1 saturated heterocycles. The maximum absolute atomic E-state index is 11.7. The summed E-state index contributed by atoms with van der Waals surface area (Å²) in [4.78, 5) is 18.3. The number of ether oxygens (including phenoxy) is 1. The second kappa shape index (κ2) is 6.20. The van der Waals surface area contributed by atoms with Gasteiger partial charge in [-0.2, -0.15) is 0 Å². The minimum atomic E-state index is -0.531. The number of piperidine rings is 1. The number of nitrogens with one attached hydrogen (secondary N) is 1. The summed E-state index contributed by atoms with van der Waals surface area (Å²) < 4.78 is 5.20. The molecule has 21 heavy (non-hydrogen) atoms. The number of amides is 1. The van der Waals surface area contributed by atoms with Crippen molar-refractivity contribution in [3.05, 3.63) is 12.3 Å². The fraction of sp³-hybridized carbons (Fsp3) is 0.600. The Morgan fingerprint density at radius 3 is 2.57 bits per heavy atom. The number of nitrogens with zero attached hydrogens (tertiary/aromatic N) is 2. The summed E-state index contributed by atoms with van der Waals surface area (Å²) in [5.41, 5.74) is 6.65. The zero-order chi connectivity index (χ0) is 15.5. The van der Waals surface area contributed by atoms with E-state index in [9.17, 15) is 4.79 Å². The molecule has 116 valence electrons. The van der Waals surface area contributed by atoms with Crippen LogP contribution in [0.3, 0.4) is 0 Å². The molecule has 1 aromatic rings. The van der Waals surface area contributed by atoms with Crippen molar-refractivity contribution in [1.29, 1.82) is 0 Å². The fourth-order valence-electron chi connectivity index (χ4n) is 2.33. The summed E-state index contributed by atoms with van der Waals surface area (Å²) in [6.45, 7) is 7.42. The molecule has 6 heteroatoms. The lowest BCUT2D eigenvalue weighted by atomic mass is 10.1. The van der Waals surface area contributed by atoms with E-state index in [4.69, 9.17) is 10.5 Å². The molecule has 0 unspecified atom stereocenters. The highest BCUT2D eigenvalue weighted by Gasteiger charge is 2.18. The van der Waals surface area contributed by atoms with Crippen LogP contribution in [-0.4, -0.2) is 29.8 Å². The molecule has 6 nitrogen and oxygen atoms in total. The first-order valence-electron chi connectivity index (χ1n) is 7.35. The van der Waals surface area contributed by atoms with Crippen LogP contribution in [0, 0.1) is 0 Å². The number of carbonyl (C=O) groups is 1. The Balaban J connectivity index is 2.03. The minimum absolute atomic E-state index is 0.505. The van der Waals surface area contributed by atoms with E-state index in [0.29, 0.717) is 11.4 Å². The molecule has 0 radical (unpaired) electrons. The standard InChI is InChI=1S/C15H24N4O2/c1-15(2,3)21-14(20)18-11-9-12(16)13(17-10-11)19-7-5-4-6-8-19/h9-10H,4-8,16H2,1-3H3,(H,18,20). The van der Waals surface area contributed by atoms with Gasteiger partial charge in [-0.25, -0.2) is 9.78 Å². The predicted molar refractivity (Wildman–Crippen MR) is 84.6 cm³/mol. The summed E-state index contributed by atoms with van der Waals surface area (Å²) in [5.74, 6) is 0.796. The molecule has 1 aliphatic rings. The van der Waals surface area contributed by atoms with Crippen molar-refractivity contribution < 1.29 is 9.53 Å². The molecule has 1 aromatic heterocycles. The first-order chi connectivity index (χ1) is 9.85. The van der Waals surface area contributed by atoms with Crippen molar-refractivity contribution in [1.82, 2.24) is 4.98 Å². The van der Waals surface area contributed by atoms with Gasteiger partial charge in [-0.05, 0) is 46.1 Å². The van der Waals surface area contributed by atoms with Gasteiger partial charge in [-0.15, -0.1) is 0 Å². The van der Waals surface area contributed by atoms with Crippen LogP contribution in [-0.2, 0) is 4.74 Å². The van der Waals surface area contributed by atoms with Crippen molar-refractivity contribution in [2.75, 3.05) is 29.0 Å². The Morgan fingerprint density at radius 2 is 2.00 bits per heavy atom. The molecule has 0 aliphatic carbocycles. The lowest BCUT2D eigenvalue weighted by molar-refractivity contribution is 0.0636. The Morgan fingerprint density at radius 1 is 1.33 bits per heavy atom. The van der Waals surface area contributed by atoms with Crippen molar-refractivity contribution in [2.45, 2.75) is 45.6 Å². The van der Waals surface area contributed by atoms with Gasteiger partial charge < -0.3 is 15.4 Å². The predicted octanol–water partition coefficient (Wildman–Crippen LogP) is 3.00. The topological polar surface area (TPSA) is 80.5 Å². The number of aromatic nitrogens is 1. The van der Waals surface area contributed by atoms with Gasteiger partial charge in [-0.1, -0.05) is 0 Å². The minimum Gasteiger partial charge on any atom is -0.444 e.